The van der Waals surface area contributed by atoms with Gasteiger partial charge in [-0.2, -0.15) is 4.68 Å². The minimum Gasteiger partial charge on any atom is -0.355 e. The van der Waals surface area contributed by atoms with Gasteiger partial charge in [0, 0.05) is 19.2 Å². The van der Waals surface area contributed by atoms with Crippen molar-refractivity contribution in [1.29, 1.82) is 0 Å². The average Bonchev–Trinajstić information content (AvgIpc) is 3.17. The summed E-state index contributed by atoms with van der Waals surface area (Å²) in [7, 11) is 0. The molecule has 0 radical (unpaired) electrons. The zero-order valence-electron chi connectivity index (χ0n) is 15.8. The summed E-state index contributed by atoms with van der Waals surface area (Å²) in [6.07, 6.45) is 0. The molecular weight excluding hydrogens is 359 g/mol. The normalized spacial score (nSPS) is 14.6. The van der Waals surface area contributed by atoms with Crippen LogP contribution in [0.3, 0.4) is 0 Å². The molecule has 3 aromatic heterocycles. The molecule has 1 saturated heterocycles. The maximum Gasteiger partial charge on any atom is 0.161 e. The molecule has 0 amide bonds. The highest BCUT2D eigenvalue weighted by atomic mass is 19.1. The third-order valence-electron chi connectivity index (χ3n) is 4.98. The molecule has 1 N–H and O–H groups in total. The van der Waals surface area contributed by atoms with E-state index in [4.69, 9.17) is 0 Å². The van der Waals surface area contributed by atoms with Crippen LogP contribution in [0.15, 0.2) is 24.3 Å². The van der Waals surface area contributed by atoms with Gasteiger partial charge in [0.1, 0.15) is 40.4 Å². The van der Waals surface area contributed by atoms with Gasteiger partial charge in [0.2, 0.25) is 0 Å². The SMILES string of the molecule is Cc1nc(N2CC(c3nc4cccc(F)c4[nH]3)C2)cc(-n2nc(C)nc2C)n1. The number of benzene rings is 1. The number of aromatic amines is 1. The predicted molar refractivity (Wildman–Crippen MR) is 102 cm³/mol. The molecule has 28 heavy (non-hydrogen) atoms. The van der Waals surface area contributed by atoms with Crippen molar-refractivity contribution in [3.63, 3.8) is 0 Å². The van der Waals surface area contributed by atoms with Crippen molar-refractivity contribution < 1.29 is 4.39 Å². The number of nitrogens with one attached hydrogen (secondary N) is 1. The first kappa shape index (κ1) is 16.8. The lowest BCUT2D eigenvalue weighted by Crippen LogP contribution is -2.46. The molecule has 4 heterocycles. The first-order valence-corrected chi connectivity index (χ1v) is 9.13. The fourth-order valence-corrected chi connectivity index (χ4v) is 3.59. The Hall–Kier alpha value is -3.36. The van der Waals surface area contributed by atoms with Gasteiger partial charge in [0.05, 0.1) is 11.4 Å². The summed E-state index contributed by atoms with van der Waals surface area (Å²) in [5, 5.41) is 4.41. The van der Waals surface area contributed by atoms with Gasteiger partial charge in [-0.25, -0.2) is 24.3 Å². The second-order valence-corrected chi connectivity index (χ2v) is 7.11. The van der Waals surface area contributed by atoms with Crippen molar-refractivity contribution in [3.8, 4) is 5.82 Å². The van der Waals surface area contributed by atoms with Crippen LogP contribution >= 0.6 is 0 Å². The van der Waals surface area contributed by atoms with Gasteiger partial charge in [0.25, 0.3) is 0 Å². The van der Waals surface area contributed by atoms with Crippen LogP contribution in [0.1, 0.15) is 29.2 Å². The van der Waals surface area contributed by atoms with E-state index in [9.17, 15) is 4.39 Å². The van der Waals surface area contributed by atoms with E-state index in [1.54, 1.807) is 10.7 Å². The number of halogens is 1. The number of para-hydroxylation sites is 1. The van der Waals surface area contributed by atoms with E-state index in [0.717, 1.165) is 30.6 Å². The predicted octanol–water partition coefficient (Wildman–Crippen LogP) is 2.60. The summed E-state index contributed by atoms with van der Waals surface area (Å²) in [6.45, 7) is 7.14. The van der Waals surface area contributed by atoms with E-state index in [-0.39, 0.29) is 11.7 Å². The van der Waals surface area contributed by atoms with Crippen molar-refractivity contribution >= 4 is 16.9 Å². The number of hydrogen-bond donors (Lipinski definition) is 1. The maximum atomic E-state index is 13.9. The van der Waals surface area contributed by atoms with E-state index in [1.165, 1.54) is 6.07 Å². The van der Waals surface area contributed by atoms with E-state index in [1.807, 2.05) is 32.9 Å². The van der Waals surface area contributed by atoms with Gasteiger partial charge in [-0.1, -0.05) is 6.07 Å². The molecule has 0 aliphatic carbocycles. The largest absolute Gasteiger partial charge is 0.355 e. The van der Waals surface area contributed by atoms with Crippen LogP contribution < -0.4 is 4.90 Å². The number of nitrogens with zero attached hydrogens (tertiary/aromatic N) is 7. The standard InChI is InChI=1S/C19H19FN8/c1-10-22-16(7-17(23-10)28-12(3)21-11(2)26-28)27-8-13(9-27)19-24-15-6-4-5-14(20)18(15)25-19/h4-7,13H,8-9H2,1-3H3,(H,24,25). The highest BCUT2D eigenvalue weighted by molar-refractivity contribution is 5.75. The molecule has 0 bridgehead atoms. The van der Waals surface area contributed by atoms with E-state index in [2.05, 4.69) is 34.9 Å². The van der Waals surface area contributed by atoms with Crippen LogP contribution in [-0.4, -0.2) is 47.8 Å². The topological polar surface area (TPSA) is 88.4 Å². The van der Waals surface area contributed by atoms with E-state index >= 15 is 0 Å². The summed E-state index contributed by atoms with van der Waals surface area (Å²) in [5.74, 6) is 4.45. The minimum atomic E-state index is -0.276. The number of aryl methyl sites for hydroxylation is 3. The molecule has 4 aromatic rings. The number of imidazole rings is 1. The van der Waals surface area contributed by atoms with Crippen molar-refractivity contribution in [2.45, 2.75) is 26.7 Å². The zero-order valence-corrected chi connectivity index (χ0v) is 15.8. The van der Waals surface area contributed by atoms with Crippen molar-refractivity contribution in [1.82, 2.24) is 34.7 Å². The molecule has 1 aromatic carbocycles. The minimum absolute atomic E-state index is 0.209. The van der Waals surface area contributed by atoms with Crippen LogP contribution in [0.25, 0.3) is 16.9 Å². The molecule has 1 fully saturated rings. The van der Waals surface area contributed by atoms with Gasteiger partial charge in [-0.3, -0.25) is 0 Å². The van der Waals surface area contributed by atoms with Gasteiger partial charge in [0.15, 0.2) is 5.82 Å². The second-order valence-electron chi connectivity index (χ2n) is 7.11. The zero-order chi connectivity index (χ0) is 19.4. The first-order valence-electron chi connectivity index (χ1n) is 9.13. The fraction of sp³-hybridized carbons (Fsp3) is 0.316. The van der Waals surface area contributed by atoms with Crippen LogP contribution in [-0.2, 0) is 0 Å². The van der Waals surface area contributed by atoms with E-state index in [0.29, 0.717) is 28.5 Å². The Balaban J connectivity index is 1.40. The second kappa shape index (κ2) is 6.08. The summed E-state index contributed by atoms with van der Waals surface area (Å²) in [6, 6.07) is 6.85. The van der Waals surface area contributed by atoms with Crippen molar-refractivity contribution in [3.05, 3.63) is 53.4 Å². The lowest BCUT2D eigenvalue weighted by Gasteiger charge is -2.39. The third kappa shape index (κ3) is 2.70. The quantitative estimate of drug-likeness (QED) is 0.590. The van der Waals surface area contributed by atoms with E-state index < -0.39 is 0 Å². The molecule has 0 saturated carbocycles. The Morgan fingerprint density at radius 1 is 1.00 bits per heavy atom. The number of rotatable bonds is 3. The summed E-state index contributed by atoms with van der Waals surface area (Å²) in [5.41, 5.74) is 1.12. The van der Waals surface area contributed by atoms with Crippen molar-refractivity contribution in [2.24, 2.45) is 0 Å². The van der Waals surface area contributed by atoms with Crippen LogP contribution in [0.5, 0.6) is 0 Å². The lowest BCUT2D eigenvalue weighted by atomic mass is 9.99. The Morgan fingerprint density at radius 3 is 2.50 bits per heavy atom. The molecule has 8 nitrogen and oxygen atoms in total. The van der Waals surface area contributed by atoms with Gasteiger partial charge >= 0.3 is 0 Å². The first-order chi connectivity index (χ1) is 13.5. The molecule has 0 atom stereocenters. The lowest BCUT2D eigenvalue weighted by molar-refractivity contribution is 0.499. The van der Waals surface area contributed by atoms with Gasteiger partial charge in [-0.15, -0.1) is 5.10 Å². The molecule has 0 unspecified atom stereocenters. The van der Waals surface area contributed by atoms with Crippen LogP contribution in [0.2, 0.25) is 0 Å². The number of aromatic nitrogens is 7. The number of fused-ring (bicyclic) bond motifs is 1. The maximum absolute atomic E-state index is 13.9. The third-order valence-corrected chi connectivity index (χ3v) is 4.98. The fourth-order valence-electron chi connectivity index (χ4n) is 3.59. The average molecular weight is 378 g/mol. The van der Waals surface area contributed by atoms with Crippen LogP contribution in [0, 0.1) is 26.6 Å². The monoisotopic (exact) mass is 378 g/mol. The smallest absolute Gasteiger partial charge is 0.161 e. The summed E-state index contributed by atoms with van der Waals surface area (Å²) >= 11 is 0. The highest BCUT2D eigenvalue weighted by Gasteiger charge is 2.32. The molecule has 0 spiro atoms. The van der Waals surface area contributed by atoms with Crippen molar-refractivity contribution in [2.75, 3.05) is 18.0 Å². The van der Waals surface area contributed by atoms with Crippen LogP contribution in [0.4, 0.5) is 10.2 Å². The number of hydrogen-bond acceptors (Lipinski definition) is 6. The summed E-state index contributed by atoms with van der Waals surface area (Å²) < 4.78 is 15.6. The summed E-state index contributed by atoms with van der Waals surface area (Å²) in [4.78, 5) is 23.2. The molecule has 5 rings (SSSR count). The molecule has 142 valence electrons. The number of H-pyrrole nitrogens is 1. The Bertz CT molecular complexity index is 1190. The molecular formula is C19H19FN8. The van der Waals surface area contributed by atoms with Gasteiger partial charge < -0.3 is 9.88 Å². The Labute approximate surface area is 160 Å². The Morgan fingerprint density at radius 2 is 1.79 bits per heavy atom. The molecule has 1 aliphatic rings. The molecule has 9 heteroatoms. The number of anilines is 1. The molecule has 1 aliphatic heterocycles. The van der Waals surface area contributed by atoms with Gasteiger partial charge in [-0.05, 0) is 32.9 Å². The highest BCUT2D eigenvalue weighted by Crippen LogP contribution is 2.31. The Kier molecular flexibility index (Phi) is 3.65.